The summed E-state index contributed by atoms with van der Waals surface area (Å²) in [7, 11) is 1.83. The third-order valence-electron chi connectivity index (χ3n) is 4.55. The normalized spacial score (nSPS) is 17.7. The lowest BCUT2D eigenvalue weighted by molar-refractivity contribution is 0.933. The second-order valence-electron chi connectivity index (χ2n) is 6.18. The maximum Gasteiger partial charge on any atom is 0.0704 e. The molecule has 0 fully saturated rings. The Morgan fingerprint density at radius 1 is 1.17 bits per heavy atom. The number of fused-ring (bicyclic) bond motifs is 2. The smallest absolute Gasteiger partial charge is 0.0704 e. The van der Waals surface area contributed by atoms with Gasteiger partial charge in [-0.25, -0.2) is 0 Å². The number of anilines is 1. The minimum absolute atomic E-state index is 0.297. The van der Waals surface area contributed by atoms with Gasteiger partial charge < -0.3 is 9.69 Å². The van der Waals surface area contributed by atoms with Crippen LogP contribution in [0.2, 0.25) is 0 Å². The minimum Gasteiger partial charge on any atom is -0.355 e. The van der Waals surface area contributed by atoms with Crippen molar-refractivity contribution in [3.63, 3.8) is 0 Å². The molecule has 0 saturated heterocycles. The number of H-pyrrole nitrogens is 1. The minimum atomic E-state index is 0.297. The van der Waals surface area contributed by atoms with E-state index in [1.807, 2.05) is 41.0 Å². The predicted molar refractivity (Wildman–Crippen MR) is 132 cm³/mol. The largest absolute Gasteiger partial charge is 0.355 e. The number of benzene rings is 1. The number of aromatic amines is 1. The number of rotatable bonds is 5. The van der Waals surface area contributed by atoms with Crippen LogP contribution in [0.3, 0.4) is 0 Å². The van der Waals surface area contributed by atoms with Crippen LogP contribution in [0.4, 0.5) is 5.69 Å². The van der Waals surface area contributed by atoms with Gasteiger partial charge in [-0.3, -0.25) is 4.99 Å². The van der Waals surface area contributed by atoms with Crippen molar-refractivity contribution < 1.29 is 0 Å². The fourth-order valence-corrected chi connectivity index (χ4v) is 4.02. The van der Waals surface area contributed by atoms with Crippen LogP contribution < -0.4 is 5.32 Å². The van der Waals surface area contributed by atoms with Gasteiger partial charge in [0, 0.05) is 30.6 Å². The van der Waals surface area contributed by atoms with E-state index < -0.39 is 0 Å². The Morgan fingerprint density at radius 2 is 1.97 bits per heavy atom. The maximum atomic E-state index is 4.23. The summed E-state index contributed by atoms with van der Waals surface area (Å²) in [4.78, 5) is 4.23. The van der Waals surface area contributed by atoms with E-state index >= 15 is 0 Å². The first-order valence-corrected chi connectivity index (χ1v) is 11.4. The molecule has 2 aliphatic rings. The Balaban J connectivity index is 0.000000707. The van der Waals surface area contributed by atoms with Gasteiger partial charge in [-0.15, -0.1) is 0 Å². The summed E-state index contributed by atoms with van der Waals surface area (Å²) in [6.45, 7) is 10.2. The summed E-state index contributed by atoms with van der Waals surface area (Å²) in [6, 6.07) is 6.44. The monoisotopic (exact) mass is 407 g/mol. The summed E-state index contributed by atoms with van der Waals surface area (Å²) in [5.41, 5.74) is 7.36. The van der Waals surface area contributed by atoms with Crippen LogP contribution >= 0.6 is 11.5 Å². The number of aliphatic imine (C=N–C) groups is 1. The van der Waals surface area contributed by atoms with Crippen molar-refractivity contribution in [2.75, 3.05) is 12.4 Å². The van der Waals surface area contributed by atoms with Crippen LogP contribution in [0.5, 0.6) is 0 Å². The maximum absolute atomic E-state index is 4.23. The Labute approximate surface area is 179 Å². The van der Waals surface area contributed by atoms with Crippen molar-refractivity contribution in [2.45, 2.75) is 41.0 Å². The molecule has 0 amide bonds. The van der Waals surface area contributed by atoms with Crippen LogP contribution in [0.25, 0.3) is 10.2 Å². The van der Waals surface area contributed by atoms with Crippen molar-refractivity contribution in [2.24, 2.45) is 10.9 Å². The topological polar surface area (TPSA) is 40.2 Å². The highest BCUT2D eigenvalue weighted by Crippen LogP contribution is 2.39. The molecule has 1 aromatic heterocycles. The quantitative estimate of drug-likeness (QED) is 0.490. The van der Waals surface area contributed by atoms with Crippen molar-refractivity contribution in [1.82, 2.24) is 4.37 Å². The van der Waals surface area contributed by atoms with Gasteiger partial charge >= 0.3 is 0 Å². The lowest BCUT2D eigenvalue weighted by Gasteiger charge is -2.23. The molecule has 0 aliphatic heterocycles. The summed E-state index contributed by atoms with van der Waals surface area (Å²) in [6.07, 6.45) is 16.2. The van der Waals surface area contributed by atoms with E-state index in [0.717, 1.165) is 12.1 Å². The van der Waals surface area contributed by atoms with Crippen LogP contribution in [-0.2, 0) is 0 Å². The Morgan fingerprint density at radius 3 is 2.59 bits per heavy atom. The summed E-state index contributed by atoms with van der Waals surface area (Å²) in [5, 5.41) is 3.59. The van der Waals surface area contributed by atoms with Gasteiger partial charge in [0.1, 0.15) is 0 Å². The van der Waals surface area contributed by atoms with Crippen molar-refractivity contribution in [3.8, 4) is 0 Å². The Hall–Kier alpha value is -2.59. The molecule has 0 spiro atoms. The zero-order chi connectivity index (χ0) is 21.2. The SMILES string of the molecule is CC.CC.CC/C=C(\C=NC)C1=CC=C2C(Nc3ccc4[nH]sc4c3)=CC=CC21. The molecule has 1 heterocycles. The van der Waals surface area contributed by atoms with Gasteiger partial charge in [-0.05, 0) is 47.4 Å². The van der Waals surface area contributed by atoms with E-state index in [1.165, 1.54) is 32.6 Å². The molecule has 154 valence electrons. The van der Waals surface area contributed by atoms with E-state index in [4.69, 9.17) is 0 Å². The zero-order valence-corrected chi connectivity index (χ0v) is 19.2. The van der Waals surface area contributed by atoms with Crippen molar-refractivity contribution >= 4 is 33.7 Å². The van der Waals surface area contributed by atoms with Gasteiger partial charge in [0.2, 0.25) is 0 Å². The third kappa shape index (κ3) is 5.07. The van der Waals surface area contributed by atoms with Gasteiger partial charge in [-0.1, -0.05) is 76.5 Å². The highest BCUT2D eigenvalue weighted by atomic mass is 32.1. The van der Waals surface area contributed by atoms with Crippen molar-refractivity contribution in [3.05, 3.63) is 77.1 Å². The summed E-state index contributed by atoms with van der Waals surface area (Å²) < 4.78 is 4.52. The van der Waals surface area contributed by atoms with E-state index in [9.17, 15) is 0 Å². The van der Waals surface area contributed by atoms with E-state index in [-0.39, 0.29) is 0 Å². The zero-order valence-electron chi connectivity index (χ0n) is 18.4. The van der Waals surface area contributed by atoms with Gasteiger partial charge in [0.25, 0.3) is 0 Å². The average molecular weight is 408 g/mol. The highest BCUT2D eigenvalue weighted by molar-refractivity contribution is 7.15. The fraction of sp³-hybridized carbons (Fsp3) is 0.320. The molecular formula is C25H33N3S. The molecule has 0 saturated carbocycles. The number of hydrogen-bond donors (Lipinski definition) is 2. The van der Waals surface area contributed by atoms with E-state index in [1.54, 1.807) is 11.5 Å². The molecule has 2 N–H and O–H groups in total. The molecule has 2 aromatic rings. The van der Waals surface area contributed by atoms with Crippen LogP contribution in [0.1, 0.15) is 41.0 Å². The molecular weight excluding hydrogens is 374 g/mol. The second-order valence-corrected chi connectivity index (χ2v) is 7.03. The number of aromatic nitrogens is 1. The first-order valence-electron chi connectivity index (χ1n) is 10.6. The van der Waals surface area contributed by atoms with Gasteiger partial charge in [0.15, 0.2) is 0 Å². The van der Waals surface area contributed by atoms with Gasteiger partial charge in [0.05, 0.1) is 10.2 Å². The highest BCUT2D eigenvalue weighted by Gasteiger charge is 2.26. The molecule has 1 aromatic carbocycles. The van der Waals surface area contributed by atoms with Crippen LogP contribution in [0, 0.1) is 5.92 Å². The molecule has 1 atom stereocenters. The molecule has 0 radical (unpaired) electrons. The van der Waals surface area contributed by atoms with Crippen molar-refractivity contribution in [1.29, 1.82) is 0 Å². The lowest BCUT2D eigenvalue weighted by atomic mass is 9.86. The average Bonchev–Trinajstić information content (AvgIpc) is 3.18. The lowest BCUT2D eigenvalue weighted by Crippen LogP contribution is -2.13. The third-order valence-corrected chi connectivity index (χ3v) is 5.43. The number of hydrogen-bond acceptors (Lipinski definition) is 3. The number of allylic oxidation sites excluding steroid dienone is 9. The van der Waals surface area contributed by atoms with Gasteiger partial charge in [-0.2, -0.15) is 0 Å². The van der Waals surface area contributed by atoms with E-state index in [0.29, 0.717) is 5.92 Å². The molecule has 4 heteroatoms. The Kier molecular flexibility index (Phi) is 8.94. The second kappa shape index (κ2) is 11.4. The predicted octanol–water partition coefficient (Wildman–Crippen LogP) is 7.67. The molecule has 3 nitrogen and oxygen atoms in total. The van der Waals surface area contributed by atoms with Crippen LogP contribution in [0.15, 0.2) is 82.1 Å². The first-order chi connectivity index (χ1) is 14.3. The summed E-state index contributed by atoms with van der Waals surface area (Å²) >= 11 is 1.67. The standard InChI is InChI=1S/C21H21N3S.2C2H6/c1-3-5-14(13-22-2)16-9-10-18-17(16)6-4-7-19(18)23-15-8-11-20-21(12-15)25-24-20;2*1-2/h4-13,17,23-24H,3H2,1-2H3;2*1-2H3/b14-5+,22-13?;;. The van der Waals surface area contributed by atoms with E-state index in [2.05, 4.69) is 76.3 Å². The Bertz CT molecular complexity index is 977. The molecule has 29 heavy (non-hydrogen) atoms. The first kappa shape index (κ1) is 22.7. The molecule has 0 bridgehead atoms. The molecule has 4 rings (SSSR count). The summed E-state index contributed by atoms with van der Waals surface area (Å²) in [5.74, 6) is 0.297. The molecule has 1 unspecified atom stereocenters. The number of nitrogens with one attached hydrogen (secondary N) is 2. The van der Waals surface area contributed by atoms with Crippen LogP contribution in [-0.4, -0.2) is 17.6 Å². The molecule has 2 aliphatic carbocycles. The fourth-order valence-electron chi connectivity index (χ4n) is 3.36. The number of nitrogens with zero attached hydrogens (tertiary/aromatic N) is 1.